The van der Waals surface area contributed by atoms with Crippen LogP contribution >= 0.6 is 24.0 Å². The molecular formula is C16H27IN4O3. The number of hydrogen-bond acceptors (Lipinski definition) is 5. The van der Waals surface area contributed by atoms with Crippen molar-refractivity contribution in [3.8, 4) is 5.88 Å². The molecule has 0 amide bonds. The summed E-state index contributed by atoms with van der Waals surface area (Å²) in [6, 6.07) is 3.85. The minimum Gasteiger partial charge on any atom is -0.481 e. The number of nitrogens with one attached hydrogen (secondary N) is 2. The number of aromatic nitrogens is 1. The molecule has 2 rings (SSSR count). The first-order valence-electron chi connectivity index (χ1n) is 7.94. The lowest BCUT2D eigenvalue weighted by Gasteiger charge is -2.13. The molecule has 1 saturated heterocycles. The van der Waals surface area contributed by atoms with Crippen LogP contribution in [0.1, 0.15) is 18.4 Å². The second kappa shape index (κ2) is 12.3. The zero-order valence-corrected chi connectivity index (χ0v) is 16.6. The van der Waals surface area contributed by atoms with Gasteiger partial charge in [0.15, 0.2) is 5.96 Å². The molecule has 0 bridgehead atoms. The summed E-state index contributed by atoms with van der Waals surface area (Å²) in [6.45, 7) is 3.76. The summed E-state index contributed by atoms with van der Waals surface area (Å²) < 4.78 is 16.1. The van der Waals surface area contributed by atoms with Gasteiger partial charge in [-0.05, 0) is 24.5 Å². The lowest BCUT2D eigenvalue weighted by Crippen LogP contribution is -2.37. The van der Waals surface area contributed by atoms with E-state index < -0.39 is 0 Å². The summed E-state index contributed by atoms with van der Waals surface area (Å²) in [5.41, 5.74) is 1.09. The van der Waals surface area contributed by atoms with E-state index in [4.69, 9.17) is 14.2 Å². The summed E-state index contributed by atoms with van der Waals surface area (Å²) in [4.78, 5) is 8.30. The van der Waals surface area contributed by atoms with Crippen LogP contribution in [0.4, 0.5) is 0 Å². The summed E-state index contributed by atoms with van der Waals surface area (Å²) in [6.07, 6.45) is 3.94. The van der Waals surface area contributed by atoms with Crippen molar-refractivity contribution in [3.63, 3.8) is 0 Å². The molecule has 0 radical (unpaired) electrons. The molecule has 1 fully saturated rings. The smallest absolute Gasteiger partial charge is 0.213 e. The van der Waals surface area contributed by atoms with Crippen molar-refractivity contribution >= 4 is 29.9 Å². The van der Waals surface area contributed by atoms with E-state index in [9.17, 15) is 0 Å². The minimum absolute atomic E-state index is 0. The second-order valence-corrected chi connectivity index (χ2v) is 5.27. The molecule has 0 spiro atoms. The molecule has 1 unspecified atom stereocenters. The Kier molecular flexibility index (Phi) is 10.7. The molecule has 136 valence electrons. The van der Waals surface area contributed by atoms with Gasteiger partial charge in [-0.3, -0.25) is 4.99 Å². The van der Waals surface area contributed by atoms with Crippen molar-refractivity contribution in [3.05, 3.63) is 23.9 Å². The largest absolute Gasteiger partial charge is 0.481 e. The Morgan fingerprint density at radius 3 is 3.04 bits per heavy atom. The van der Waals surface area contributed by atoms with Gasteiger partial charge in [-0.15, -0.1) is 24.0 Å². The standard InChI is InChI=1S/C16H26N4O3.HI/c1-17-16(19-6-3-8-23-14-5-9-22-12-14)20-11-13-4-7-18-15(10-13)21-2;/h4,7,10,14H,3,5-6,8-9,11-12H2,1-2H3,(H2,17,19,20);1H. The topological polar surface area (TPSA) is 77.0 Å². The number of guanidine groups is 1. The third-order valence-corrected chi connectivity index (χ3v) is 3.55. The fourth-order valence-electron chi connectivity index (χ4n) is 2.25. The molecule has 2 N–H and O–H groups in total. The van der Waals surface area contributed by atoms with Crippen molar-refractivity contribution in [1.82, 2.24) is 15.6 Å². The Hall–Kier alpha value is -1.13. The van der Waals surface area contributed by atoms with Gasteiger partial charge in [0.25, 0.3) is 0 Å². The number of halogens is 1. The van der Waals surface area contributed by atoms with E-state index in [1.165, 1.54) is 0 Å². The van der Waals surface area contributed by atoms with Crippen LogP contribution < -0.4 is 15.4 Å². The first kappa shape index (κ1) is 20.9. The van der Waals surface area contributed by atoms with E-state index in [1.54, 1.807) is 20.4 Å². The van der Waals surface area contributed by atoms with Crippen molar-refractivity contribution < 1.29 is 14.2 Å². The van der Waals surface area contributed by atoms with Crippen molar-refractivity contribution in [2.45, 2.75) is 25.5 Å². The molecule has 7 nitrogen and oxygen atoms in total. The van der Waals surface area contributed by atoms with Crippen LogP contribution in [0.2, 0.25) is 0 Å². The van der Waals surface area contributed by atoms with Gasteiger partial charge in [0.05, 0.1) is 19.8 Å². The number of aliphatic imine (C=N–C) groups is 1. The Bertz CT molecular complexity index is 496. The summed E-state index contributed by atoms with van der Waals surface area (Å²) >= 11 is 0. The fraction of sp³-hybridized carbons (Fsp3) is 0.625. The Morgan fingerprint density at radius 1 is 1.46 bits per heavy atom. The van der Waals surface area contributed by atoms with E-state index in [1.807, 2.05) is 12.1 Å². The van der Waals surface area contributed by atoms with Crippen LogP contribution in [0.15, 0.2) is 23.3 Å². The van der Waals surface area contributed by atoms with Crippen LogP contribution in [0, 0.1) is 0 Å². The summed E-state index contributed by atoms with van der Waals surface area (Å²) in [5, 5.41) is 6.54. The molecular weight excluding hydrogens is 423 g/mol. The van der Waals surface area contributed by atoms with Gasteiger partial charge < -0.3 is 24.8 Å². The first-order chi connectivity index (χ1) is 11.3. The quantitative estimate of drug-likeness (QED) is 0.271. The maximum absolute atomic E-state index is 5.73. The van der Waals surface area contributed by atoms with Crippen LogP contribution in [-0.2, 0) is 16.0 Å². The molecule has 1 aliphatic rings. The number of rotatable bonds is 8. The SMILES string of the molecule is CN=C(NCCCOC1CCOC1)NCc1ccnc(OC)c1.I. The van der Waals surface area contributed by atoms with E-state index in [0.717, 1.165) is 50.7 Å². The van der Waals surface area contributed by atoms with Crippen LogP contribution in [0.25, 0.3) is 0 Å². The molecule has 1 atom stereocenters. The molecule has 0 saturated carbocycles. The Morgan fingerprint density at radius 2 is 2.33 bits per heavy atom. The Balaban J connectivity index is 0.00000288. The fourth-order valence-corrected chi connectivity index (χ4v) is 2.25. The highest BCUT2D eigenvalue weighted by Crippen LogP contribution is 2.08. The number of methoxy groups -OCH3 is 1. The van der Waals surface area contributed by atoms with Gasteiger partial charge in [0.1, 0.15) is 0 Å². The van der Waals surface area contributed by atoms with Crippen molar-refractivity contribution in [1.29, 1.82) is 0 Å². The van der Waals surface area contributed by atoms with E-state index in [-0.39, 0.29) is 30.1 Å². The number of nitrogens with zero attached hydrogens (tertiary/aromatic N) is 2. The van der Waals surface area contributed by atoms with Gasteiger partial charge in [0, 0.05) is 45.6 Å². The highest BCUT2D eigenvalue weighted by Gasteiger charge is 2.15. The van der Waals surface area contributed by atoms with Gasteiger partial charge >= 0.3 is 0 Å². The third-order valence-electron chi connectivity index (χ3n) is 3.55. The predicted octanol–water partition coefficient (Wildman–Crippen LogP) is 1.57. The molecule has 8 heteroatoms. The zero-order chi connectivity index (χ0) is 16.3. The number of hydrogen-bond donors (Lipinski definition) is 2. The highest BCUT2D eigenvalue weighted by atomic mass is 127. The summed E-state index contributed by atoms with van der Waals surface area (Å²) in [5.74, 6) is 1.38. The monoisotopic (exact) mass is 450 g/mol. The molecule has 24 heavy (non-hydrogen) atoms. The maximum atomic E-state index is 5.73. The van der Waals surface area contributed by atoms with Gasteiger partial charge in [0.2, 0.25) is 5.88 Å². The summed E-state index contributed by atoms with van der Waals surface area (Å²) in [7, 11) is 3.37. The molecule has 0 aromatic carbocycles. The molecule has 1 aromatic rings. The number of pyridine rings is 1. The average Bonchev–Trinajstić information content (AvgIpc) is 3.11. The normalized spacial score (nSPS) is 17.2. The number of ether oxygens (including phenoxy) is 3. The molecule has 2 heterocycles. The van der Waals surface area contributed by atoms with Crippen LogP contribution in [0.3, 0.4) is 0 Å². The Labute approximate surface area is 160 Å². The molecule has 1 aromatic heterocycles. The van der Waals surface area contributed by atoms with Gasteiger partial charge in [-0.2, -0.15) is 0 Å². The maximum Gasteiger partial charge on any atom is 0.213 e. The molecule has 1 aliphatic heterocycles. The first-order valence-corrected chi connectivity index (χ1v) is 7.94. The lowest BCUT2D eigenvalue weighted by atomic mass is 10.2. The lowest BCUT2D eigenvalue weighted by molar-refractivity contribution is 0.0420. The van der Waals surface area contributed by atoms with Crippen molar-refractivity contribution in [2.75, 3.05) is 40.5 Å². The van der Waals surface area contributed by atoms with Gasteiger partial charge in [-0.25, -0.2) is 4.98 Å². The van der Waals surface area contributed by atoms with Gasteiger partial charge in [-0.1, -0.05) is 0 Å². The molecule has 0 aliphatic carbocycles. The predicted molar refractivity (Wildman–Crippen MR) is 104 cm³/mol. The van der Waals surface area contributed by atoms with E-state index in [2.05, 4.69) is 20.6 Å². The van der Waals surface area contributed by atoms with E-state index >= 15 is 0 Å². The average molecular weight is 450 g/mol. The van der Waals surface area contributed by atoms with E-state index in [0.29, 0.717) is 12.4 Å². The second-order valence-electron chi connectivity index (χ2n) is 5.27. The van der Waals surface area contributed by atoms with Crippen LogP contribution in [-0.4, -0.2) is 57.6 Å². The zero-order valence-electron chi connectivity index (χ0n) is 14.3. The highest BCUT2D eigenvalue weighted by molar-refractivity contribution is 14.0. The van der Waals surface area contributed by atoms with Crippen LogP contribution in [0.5, 0.6) is 5.88 Å². The minimum atomic E-state index is 0. The third kappa shape index (κ3) is 7.63. The van der Waals surface area contributed by atoms with Crippen molar-refractivity contribution in [2.24, 2.45) is 4.99 Å².